The van der Waals surface area contributed by atoms with Gasteiger partial charge in [0, 0.05) is 0 Å². The zero-order valence-corrected chi connectivity index (χ0v) is 7.36. The second kappa shape index (κ2) is 3.74. The highest BCUT2D eigenvalue weighted by Gasteiger charge is 2.16. The maximum atomic E-state index is 11.0. The molecule has 0 spiro atoms. The van der Waals surface area contributed by atoms with Crippen LogP contribution in [0.2, 0.25) is 0 Å². The average Bonchev–Trinajstić information content (AvgIpc) is 2.16. The summed E-state index contributed by atoms with van der Waals surface area (Å²) in [6, 6.07) is 4.45. The summed E-state index contributed by atoms with van der Waals surface area (Å²) in [4.78, 5) is 21.8. The van der Waals surface area contributed by atoms with E-state index in [1.165, 1.54) is 18.2 Å². The van der Waals surface area contributed by atoms with Crippen molar-refractivity contribution >= 4 is 18.0 Å². The number of hydrogen-bond acceptors (Lipinski definition) is 2. The summed E-state index contributed by atoms with van der Waals surface area (Å²) < 4.78 is 0. The third-order valence-electron chi connectivity index (χ3n) is 1.79. The van der Waals surface area contributed by atoms with Crippen molar-refractivity contribution in [3.05, 3.63) is 41.5 Å². The molecular formula is C10H9NO3. The predicted octanol–water partition coefficient (Wildman–Crippen LogP) is 1.13. The van der Waals surface area contributed by atoms with E-state index >= 15 is 0 Å². The van der Waals surface area contributed by atoms with Crippen LogP contribution in [0.5, 0.6) is 0 Å². The first-order valence-corrected chi connectivity index (χ1v) is 3.86. The van der Waals surface area contributed by atoms with Crippen LogP contribution in [0, 0.1) is 0 Å². The Bertz CT molecular complexity index is 410. The molecule has 14 heavy (non-hydrogen) atoms. The molecule has 0 bridgehead atoms. The van der Waals surface area contributed by atoms with E-state index in [2.05, 4.69) is 6.58 Å². The summed E-state index contributed by atoms with van der Waals surface area (Å²) in [7, 11) is 0. The molecule has 0 radical (unpaired) electrons. The topological polar surface area (TPSA) is 80.4 Å². The Morgan fingerprint density at radius 2 is 2.07 bits per heavy atom. The third kappa shape index (κ3) is 1.64. The van der Waals surface area contributed by atoms with Crippen LogP contribution in [0.4, 0.5) is 0 Å². The van der Waals surface area contributed by atoms with Gasteiger partial charge in [-0.05, 0) is 11.6 Å². The van der Waals surface area contributed by atoms with Gasteiger partial charge >= 0.3 is 5.97 Å². The highest BCUT2D eigenvalue weighted by atomic mass is 16.4. The highest BCUT2D eigenvalue weighted by Crippen LogP contribution is 2.15. The molecule has 4 heteroatoms. The minimum absolute atomic E-state index is 0.00463. The van der Waals surface area contributed by atoms with Gasteiger partial charge in [0.15, 0.2) is 0 Å². The van der Waals surface area contributed by atoms with Gasteiger partial charge in [-0.2, -0.15) is 0 Å². The molecular weight excluding hydrogens is 182 g/mol. The number of carbonyl (C=O) groups excluding carboxylic acids is 1. The van der Waals surface area contributed by atoms with E-state index in [1.54, 1.807) is 6.07 Å². The molecule has 0 aliphatic heterocycles. The molecule has 0 aliphatic rings. The van der Waals surface area contributed by atoms with Crippen LogP contribution < -0.4 is 5.73 Å². The summed E-state index contributed by atoms with van der Waals surface area (Å²) in [6.07, 6.45) is 1.40. The lowest BCUT2D eigenvalue weighted by atomic mass is 10.0. The monoisotopic (exact) mass is 191 g/mol. The van der Waals surface area contributed by atoms with E-state index in [0.717, 1.165) is 0 Å². The predicted molar refractivity (Wildman–Crippen MR) is 52.0 cm³/mol. The van der Waals surface area contributed by atoms with Crippen LogP contribution in [0.1, 0.15) is 26.3 Å². The molecule has 0 saturated carbocycles. The maximum Gasteiger partial charge on any atom is 0.336 e. The second-order valence-corrected chi connectivity index (χ2v) is 2.64. The summed E-state index contributed by atoms with van der Waals surface area (Å²) >= 11 is 0. The van der Waals surface area contributed by atoms with Crippen molar-refractivity contribution in [2.75, 3.05) is 0 Å². The molecule has 72 valence electrons. The Hall–Kier alpha value is -2.10. The number of carboxylic acids is 1. The van der Waals surface area contributed by atoms with E-state index < -0.39 is 11.9 Å². The fourth-order valence-electron chi connectivity index (χ4n) is 1.19. The van der Waals surface area contributed by atoms with Gasteiger partial charge in [-0.3, -0.25) is 4.79 Å². The van der Waals surface area contributed by atoms with Crippen molar-refractivity contribution in [2.45, 2.75) is 0 Å². The number of benzene rings is 1. The second-order valence-electron chi connectivity index (χ2n) is 2.64. The summed E-state index contributed by atoms with van der Waals surface area (Å²) in [5.41, 5.74) is 5.40. The van der Waals surface area contributed by atoms with Crippen molar-refractivity contribution in [3.8, 4) is 0 Å². The quantitative estimate of drug-likeness (QED) is 0.751. The molecule has 1 amide bonds. The van der Waals surface area contributed by atoms with Gasteiger partial charge in [-0.25, -0.2) is 4.79 Å². The molecule has 0 atom stereocenters. The average molecular weight is 191 g/mol. The fraction of sp³-hybridized carbons (Fsp3) is 0. The van der Waals surface area contributed by atoms with Gasteiger partial charge in [0.2, 0.25) is 5.91 Å². The largest absolute Gasteiger partial charge is 0.478 e. The molecule has 1 aromatic rings. The Kier molecular flexibility index (Phi) is 2.67. The Balaban J connectivity index is 3.51. The lowest BCUT2D eigenvalue weighted by Gasteiger charge is -2.05. The van der Waals surface area contributed by atoms with Crippen molar-refractivity contribution in [2.24, 2.45) is 5.73 Å². The fourth-order valence-corrected chi connectivity index (χ4v) is 1.19. The first kappa shape index (κ1) is 9.98. The van der Waals surface area contributed by atoms with Gasteiger partial charge < -0.3 is 10.8 Å². The van der Waals surface area contributed by atoms with Crippen LogP contribution in [-0.2, 0) is 0 Å². The Labute approximate surface area is 80.7 Å². The van der Waals surface area contributed by atoms with Crippen LogP contribution in [0.15, 0.2) is 24.8 Å². The zero-order valence-electron chi connectivity index (χ0n) is 7.36. The molecule has 1 aromatic carbocycles. The van der Waals surface area contributed by atoms with Gasteiger partial charge in [0.05, 0.1) is 11.1 Å². The molecule has 0 aromatic heterocycles. The van der Waals surface area contributed by atoms with Crippen LogP contribution in [-0.4, -0.2) is 17.0 Å². The maximum absolute atomic E-state index is 11.0. The molecule has 4 nitrogen and oxygen atoms in total. The van der Waals surface area contributed by atoms with Crippen molar-refractivity contribution in [1.82, 2.24) is 0 Å². The smallest absolute Gasteiger partial charge is 0.336 e. The molecule has 1 rings (SSSR count). The number of carboxylic acid groups (broad SMARTS) is 1. The van der Waals surface area contributed by atoms with Crippen LogP contribution in [0.3, 0.4) is 0 Å². The first-order chi connectivity index (χ1) is 6.57. The van der Waals surface area contributed by atoms with Crippen molar-refractivity contribution < 1.29 is 14.7 Å². The minimum atomic E-state index is -1.18. The number of aromatic carboxylic acids is 1. The first-order valence-electron chi connectivity index (χ1n) is 3.86. The molecule has 0 aliphatic carbocycles. The summed E-state index contributed by atoms with van der Waals surface area (Å²) in [5, 5.41) is 8.79. The Morgan fingerprint density at radius 1 is 1.43 bits per heavy atom. The van der Waals surface area contributed by atoms with Crippen molar-refractivity contribution in [1.29, 1.82) is 0 Å². The number of rotatable bonds is 3. The Morgan fingerprint density at radius 3 is 2.50 bits per heavy atom. The SMILES string of the molecule is C=Cc1cccc(C(=O)O)c1C(N)=O. The summed E-state index contributed by atoms with van der Waals surface area (Å²) in [6.45, 7) is 3.47. The zero-order chi connectivity index (χ0) is 10.7. The van der Waals surface area contributed by atoms with Crippen molar-refractivity contribution in [3.63, 3.8) is 0 Å². The van der Waals surface area contributed by atoms with E-state index in [4.69, 9.17) is 10.8 Å². The summed E-state index contributed by atoms with van der Waals surface area (Å²) in [5.74, 6) is -1.94. The molecule has 0 unspecified atom stereocenters. The normalized spacial score (nSPS) is 9.43. The van der Waals surface area contributed by atoms with Gasteiger partial charge in [0.1, 0.15) is 0 Å². The molecule has 3 N–H and O–H groups in total. The number of primary amides is 1. The minimum Gasteiger partial charge on any atom is -0.478 e. The molecule has 0 fully saturated rings. The highest BCUT2D eigenvalue weighted by molar-refractivity contribution is 6.06. The number of nitrogens with two attached hydrogens (primary N) is 1. The molecule has 0 saturated heterocycles. The van der Waals surface area contributed by atoms with Crippen LogP contribution in [0.25, 0.3) is 6.08 Å². The van der Waals surface area contributed by atoms with E-state index in [1.807, 2.05) is 0 Å². The molecule has 0 heterocycles. The van der Waals surface area contributed by atoms with Gasteiger partial charge in [0.25, 0.3) is 0 Å². The van der Waals surface area contributed by atoms with Gasteiger partial charge in [-0.15, -0.1) is 0 Å². The number of carbonyl (C=O) groups is 2. The number of amides is 1. The number of hydrogen-bond donors (Lipinski definition) is 2. The lowest BCUT2D eigenvalue weighted by Crippen LogP contribution is -2.17. The lowest BCUT2D eigenvalue weighted by molar-refractivity contribution is 0.0692. The third-order valence-corrected chi connectivity index (χ3v) is 1.79. The van der Waals surface area contributed by atoms with Gasteiger partial charge in [-0.1, -0.05) is 24.8 Å². The van der Waals surface area contributed by atoms with E-state index in [-0.39, 0.29) is 11.1 Å². The standard InChI is InChI=1S/C10H9NO3/c1-2-6-4-3-5-7(10(13)14)8(6)9(11)12/h2-5H,1H2,(H2,11,12)(H,13,14). The van der Waals surface area contributed by atoms with E-state index in [0.29, 0.717) is 5.56 Å². The van der Waals surface area contributed by atoms with Crippen LogP contribution >= 0.6 is 0 Å². The van der Waals surface area contributed by atoms with E-state index in [9.17, 15) is 9.59 Å².